The Morgan fingerprint density at radius 2 is 1.60 bits per heavy atom. The topological polar surface area (TPSA) is 179 Å². The third kappa shape index (κ3) is 9.06. The zero-order chi connectivity index (χ0) is 42.2. The molecule has 0 aromatic rings. The van der Waals surface area contributed by atoms with Gasteiger partial charge >= 0.3 is 5.97 Å². The number of carbonyl (C=O) groups is 3. The maximum Gasteiger partial charge on any atom is 0.337 e. The number of nitrogens with one attached hydrogen (secondary N) is 1. The van der Waals surface area contributed by atoms with Crippen LogP contribution in [0.3, 0.4) is 0 Å². The fourth-order valence-electron chi connectivity index (χ4n) is 10.7. The summed E-state index contributed by atoms with van der Waals surface area (Å²) < 4.78 is 33.7. The average Bonchev–Trinajstić information content (AvgIpc) is 3.52. The van der Waals surface area contributed by atoms with E-state index in [1.807, 2.05) is 41.5 Å². The number of ether oxygens (including phenoxy) is 5. The van der Waals surface area contributed by atoms with Crippen LogP contribution >= 0.6 is 0 Å². The molecule has 13 nitrogen and oxygen atoms in total. The van der Waals surface area contributed by atoms with Gasteiger partial charge < -0.3 is 43.8 Å². The largest absolute Gasteiger partial charge is 0.392 e. The van der Waals surface area contributed by atoms with Crippen LogP contribution < -0.4 is 5.48 Å². The van der Waals surface area contributed by atoms with Crippen molar-refractivity contribution in [1.82, 2.24) is 5.48 Å². The van der Waals surface area contributed by atoms with Crippen LogP contribution in [0.25, 0.3) is 0 Å². The van der Waals surface area contributed by atoms with E-state index in [2.05, 4.69) is 26.3 Å². The lowest BCUT2D eigenvalue weighted by atomic mass is 9.72. The minimum absolute atomic E-state index is 0.00372. The van der Waals surface area contributed by atoms with Crippen molar-refractivity contribution < 1.29 is 58.2 Å². The zero-order valence-corrected chi connectivity index (χ0v) is 36.3. The molecular formula is C44H73NO12. The van der Waals surface area contributed by atoms with E-state index < -0.39 is 88.8 Å². The van der Waals surface area contributed by atoms with Gasteiger partial charge in [0.1, 0.15) is 11.9 Å². The monoisotopic (exact) mass is 808 g/mol. The van der Waals surface area contributed by atoms with Gasteiger partial charge in [0, 0.05) is 37.0 Å². The summed E-state index contributed by atoms with van der Waals surface area (Å²) >= 11 is 0. The molecule has 4 fully saturated rings. The third-order valence-corrected chi connectivity index (χ3v) is 14.7. The molecule has 18 atom stereocenters. The minimum Gasteiger partial charge on any atom is -0.392 e. The molecule has 0 unspecified atom stereocenters. The third-order valence-electron chi connectivity index (χ3n) is 14.7. The number of hydrogen-bond donors (Lipinski definition) is 4. The lowest BCUT2D eigenvalue weighted by Gasteiger charge is -2.54. The van der Waals surface area contributed by atoms with Gasteiger partial charge in [0.05, 0.1) is 53.7 Å². The number of aliphatic hydroxyl groups excluding tert-OH is 2. The van der Waals surface area contributed by atoms with Gasteiger partial charge in [-0.05, 0) is 95.6 Å². The molecule has 4 N–H and O–H groups in total. The summed E-state index contributed by atoms with van der Waals surface area (Å²) in [4.78, 5) is 43.7. The van der Waals surface area contributed by atoms with Gasteiger partial charge in [-0.25, -0.2) is 4.79 Å². The first-order chi connectivity index (χ1) is 26.7. The van der Waals surface area contributed by atoms with Crippen LogP contribution in [0.2, 0.25) is 0 Å². The Morgan fingerprint density at radius 3 is 2.21 bits per heavy atom. The molecule has 4 saturated heterocycles. The summed E-state index contributed by atoms with van der Waals surface area (Å²) in [7, 11) is 0. The highest BCUT2D eigenvalue weighted by Crippen LogP contribution is 2.54. The van der Waals surface area contributed by atoms with Crippen molar-refractivity contribution in [2.24, 2.45) is 41.4 Å². The van der Waals surface area contributed by atoms with Gasteiger partial charge in [0.2, 0.25) is 11.7 Å². The van der Waals surface area contributed by atoms with Crippen LogP contribution in [0, 0.1) is 41.4 Å². The fourth-order valence-corrected chi connectivity index (χ4v) is 10.7. The van der Waals surface area contributed by atoms with Crippen LogP contribution in [0.5, 0.6) is 0 Å². The molecule has 13 heteroatoms. The van der Waals surface area contributed by atoms with Gasteiger partial charge in [-0.1, -0.05) is 55.4 Å². The van der Waals surface area contributed by atoms with E-state index in [4.69, 9.17) is 28.5 Å². The van der Waals surface area contributed by atoms with Crippen molar-refractivity contribution in [3.05, 3.63) is 12.2 Å². The molecule has 0 bridgehead atoms. The lowest BCUT2D eigenvalue weighted by molar-refractivity contribution is -0.409. The summed E-state index contributed by atoms with van der Waals surface area (Å²) in [6.45, 7) is 20.8. The molecule has 5 aliphatic heterocycles. The van der Waals surface area contributed by atoms with Gasteiger partial charge in [0.25, 0.3) is 0 Å². The Bertz CT molecular complexity index is 1460. The summed E-state index contributed by atoms with van der Waals surface area (Å²) in [5.41, 5.74) is 0.467. The van der Waals surface area contributed by atoms with E-state index >= 15 is 0 Å². The summed E-state index contributed by atoms with van der Waals surface area (Å²) in [6, 6.07) is 0. The fraction of sp³-hybridized carbons (Fsp3) is 0.886. The van der Waals surface area contributed by atoms with Gasteiger partial charge in [-0.3, -0.25) is 9.59 Å². The van der Waals surface area contributed by atoms with Crippen LogP contribution in [-0.2, 0) is 42.9 Å². The van der Waals surface area contributed by atoms with Gasteiger partial charge in [-0.15, -0.1) is 0 Å². The predicted octanol–water partition coefficient (Wildman–Crippen LogP) is 5.70. The van der Waals surface area contributed by atoms with Crippen LogP contribution in [-0.4, -0.2) is 98.5 Å². The highest BCUT2D eigenvalue weighted by atomic mass is 16.8. The summed E-state index contributed by atoms with van der Waals surface area (Å²) in [5, 5.41) is 34.4. The molecule has 326 valence electrons. The van der Waals surface area contributed by atoms with Crippen molar-refractivity contribution in [2.75, 3.05) is 0 Å². The molecule has 0 saturated carbocycles. The minimum atomic E-state index is -1.38. The van der Waals surface area contributed by atoms with Crippen molar-refractivity contribution in [1.29, 1.82) is 0 Å². The molecule has 0 aromatic heterocycles. The Morgan fingerprint density at radius 1 is 0.912 bits per heavy atom. The van der Waals surface area contributed by atoms with Gasteiger partial charge in [0.15, 0.2) is 5.79 Å². The highest BCUT2D eigenvalue weighted by molar-refractivity contribution is 5.84. The highest BCUT2D eigenvalue weighted by Gasteiger charge is 2.63. The maximum atomic E-state index is 14.5. The van der Waals surface area contributed by atoms with Crippen molar-refractivity contribution in [3.63, 3.8) is 0 Å². The second-order valence-corrected chi connectivity index (χ2v) is 18.7. The van der Waals surface area contributed by atoms with E-state index in [0.717, 1.165) is 6.42 Å². The molecule has 0 aromatic carbocycles. The number of aliphatic hydroxyl groups is 3. The van der Waals surface area contributed by atoms with E-state index in [0.29, 0.717) is 57.8 Å². The Labute approximate surface area is 340 Å². The summed E-state index contributed by atoms with van der Waals surface area (Å²) in [5.74, 6) is -6.13. The van der Waals surface area contributed by atoms with E-state index in [1.165, 1.54) is 6.92 Å². The van der Waals surface area contributed by atoms with Gasteiger partial charge in [-0.2, -0.15) is 5.48 Å². The zero-order valence-electron chi connectivity index (χ0n) is 36.3. The Hall–Kier alpha value is -1.97. The summed E-state index contributed by atoms with van der Waals surface area (Å²) in [6.07, 6.45) is 5.22. The average molecular weight is 808 g/mol. The quantitative estimate of drug-likeness (QED) is 0.140. The second-order valence-electron chi connectivity index (χ2n) is 18.7. The van der Waals surface area contributed by atoms with Crippen molar-refractivity contribution in [3.8, 4) is 0 Å². The number of amides is 1. The normalized spacial score (nSPS) is 43.6. The smallest absolute Gasteiger partial charge is 0.337 e. The number of Topliss-reactive ketones (excluding diaryl/α,β-unsaturated/α-hetero) is 1. The van der Waals surface area contributed by atoms with Crippen molar-refractivity contribution in [2.45, 2.75) is 206 Å². The molecule has 5 rings (SSSR count). The SMILES string of the molecule is CC[C@@H](C(=O)[C@@H](C)[C@@H](O)[C@H](C)[C@@H]1O[C@@H]([C@@H](CC)C(=O)ONC(C)=O)CC[C@@H]1C)[C@H]1O[C@]2(C=C[C@@H](O)[C@]3(CC[C@@](C)([C@H]4CC[C@](O)(CC)[C@H](C)O4)O3)O2)[C@H](C)C[C@@H]1C. The number of carbonyl (C=O) groups excluding carboxylic acids is 3. The van der Waals surface area contributed by atoms with E-state index in [9.17, 15) is 29.7 Å². The molecule has 0 radical (unpaired) electrons. The van der Waals surface area contributed by atoms with Crippen molar-refractivity contribution >= 4 is 17.7 Å². The van der Waals surface area contributed by atoms with E-state index in [-0.39, 0.29) is 35.7 Å². The predicted molar refractivity (Wildman–Crippen MR) is 211 cm³/mol. The first kappa shape index (κ1) is 46.1. The first-order valence-electron chi connectivity index (χ1n) is 21.9. The molecule has 2 spiro atoms. The second kappa shape index (κ2) is 17.9. The number of hydroxylamine groups is 1. The number of ketones is 1. The first-order valence-corrected chi connectivity index (χ1v) is 21.9. The standard InChI is InChI=1S/C44H73NO12/c1-12-31(40(50)55-45-30(10)46)33-16-15-24(4)38(53-33)28(8)36(48)27(7)37(49)32(13-2)39-25(5)23-26(6)43(54-39)20-17-34(47)44(57-43)22-21-41(11,56-44)35-18-19-42(51,14-3)29(9)52-35/h17,20,24-29,31-36,38-39,47-48,51H,12-16,18-19,21-23H2,1-11H3,(H,45,46)/t24-,25-,26+,27-,28-,29-,31+,32-,33+,34+,35+,36+,38+,39-,41-,42+,43-,44-/m0/s1. The Balaban J connectivity index is 1.29. The van der Waals surface area contributed by atoms with E-state index in [1.54, 1.807) is 19.1 Å². The molecule has 5 heterocycles. The van der Waals surface area contributed by atoms with Crippen LogP contribution in [0.1, 0.15) is 140 Å². The maximum absolute atomic E-state index is 14.5. The lowest BCUT2D eigenvalue weighted by Crippen LogP contribution is -2.63. The number of rotatable bonds is 12. The molecule has 5 aliphatic rings. The molecular weight excluding hydrogens is 734 g/mol. The molecule has 1 amide bonds. The van der Waals surface area contributed by atoms with Crippen LogP contribution in [0.15, 0.2) is 12.2 Å². The van der Waals surface area contributed by atoms with Crippen LogP contribution in [0.4, 0.5) is 0 Å². The molecule has 0 aliphatic carbocycles. The molecule has 57 heavy (non-hydrogen) atoms. The Kier molecular flexibility index (Phi) is 14.5. The number of hydrogen-bond acceptors (Lipinski definition) is 12.